The first kappa shape index (κ1) is 21.2. The third kappa shape index (κ3) is 4.79. The molecule has 0 radical (unpaired) electrons. The lowest BCUT2D eigenvalue weighted by Gasteiger charge is -2.18. The molecule has 1 aromatic carbocycles. The molecule has 0 aliphatic heterocycles. The highest BCUT2D eigenvalue weighted by molar-refractivity contribution is 6.07. The first-order valence-corrected chi connectivity index (χ1v) is 9.13. The maximum absolute atomic E-state index is 12.7. The number of hydrogen-bond donors (Lipinski definition) is 3. The number of nitrogens with one attached hydrogen (secondary N) is 3. The number of aryl methyl sites for hydroxylation is 1. The molecule has 0 spiro atoms. The van der Waals surface area contributed by atoms with Gasteiger partial charge in [0.15, 0.2) is 0 Å². The van der Waals surface area contributed by atoms with Crippen molar-refractivity contribution in [2.75, 3.05) is 17.2 Å². The number of rotatable bonds is 5. The average Bonchev–Trinajstić information content (AvgIpc) is 2.89. The Morgan fingerprint density at radius 2 is 1.68 bits per heavy atom. The zero-order chi connectivity index (χ0) is 21.1. The summed E-state index contributed by atoms with van der Waals surface area (Å²) in [5.41, 5.74) is 2.37. The number of esters is 1. The van der Waals surface area contributed by atoms with E-state index in [0.717, 1.165) is 0 Å². The Morgan fingerprint density at radius 1 is 1.07 bits per heavy atom. The van der Waals surface area contributed by atoms with Crippen LogP contribution in [0.25, 0.3) is 0 Å². The molecule has 1 heterocycles. The second kappa shape index (κ2) is 8.29. The van der Waals surface area contributed by atoms with Gasteiger partial charge in [-0.3, -0.25) is 9.59 Å². The third-order valence-electron chi connectivity index (χ3n) is 4.20. The van der Waals surface area contributed by atoms with Crippen LogP contribution in [0.4, 0.5) is 11.4 Å². The number of hydrogen-bond acceptors (Lipinski definition) is 4. The summed E-state index contributed by atoms with van der Waals surface area (Å²) >= 11 is 0. The van der Waals surface area contributed by atoms with Crippen LogP contribution >= 0.6 is 0 Å². The number of anilines is 2. The smallest absolute Gasteiger partial charge is 0.340 e. The molecule has 2 rings (SSSR count). The Labute approximate surface area is 164 Å². The molecule has 2 aromatic rings. The van der Waals surface area contributed by atoms with Crippen LogP contribution in [0.2, 0.25) is 0 Å². The van der Waals surface area contributed by atoms with Gasteiger partial charge in [-0.05, 0) is 44.5 Å². The van der Waals surface area contributed by atoms with Crippen LogP contribution in [0.15, 0.2) is 24.3 Å². The molecule has 0 aliphatic carbocycles. The van der Waals surface area contributed by atoms with Gasteiger partial charge >= 0.3 is 5.97 Å². The van der Waals surface area contributed by atoms with Gasteiger partial charge in [-0.2, -0.15) is 0 Å². The number of benzene rings is 1. The number of carbonyl (C=O) groups excluding carboxylic acids is 3. The minimum Gasteiger partial charge on any atom is -0.462 e. The fraction of sp³-hybridized carbons (Fsp3) is 0.381. The molecule has 3 N–H and O–H groups in total. The normalized spacial score (nSPS) is 11.1. The van der Waals surface area contributed by atoms with Gasteiger partial charge in [0.25, 0.3) is 5.91 Å². The van der Waals surface area contributed by atoms with E-state index in [2.05, 4.69) is 15.6 Å². The second-order valence-electron chi connectivity index (χ2n) is 7.58. The summed E-state index contributed by atoms with van der Waals surface area (Å²) in [5, 5.41) is 5.62. The minimum absolute atomic E-state index is 0.120. The summed E-state index contributed by atoms with van der Waals surface area (Å²) in [6.07, 6.45) is 0. The lowest BCUT2D eigenvalue weighted by molar-refractivity contribution is -0.123. The summed E-state index contributed by atoms with van der Waals surface area (Å²) in [5.74, 6) is -0.957. The SMILES string of the molecule is CCOC(=O)c1c(C)[nH]c(C(=O)Nc2cccc(NC(=O)C(C)(C)C)c2)c1C. The van der Waals surface area contributed by atoms with E-state index in [1.807, 2.05) is 20.8 Å². The van der Waals surface area contributed by atoms with Gasteiger partial charge in [0.05, 0.1) is 12.2 Å². The van der Waals surface area contributed by atoms with Crippen molar-refractivity contribution < 1.29 is 19.1 Å². The van der Waals surface area contributed by atoms with Crippen LogP contribution in [0.1, 0.15) is 59.8 Å². The van der Waals surface area contributed by atoms with E-state index < -0.39 is 11.4 Å². The van der Waals surface area contributed by atoms with Crippen LogP contribution in [-0.4, -0.2) is 29.4 Å². The summed E-state index contributed by atoms with van der Waals surface area (Å²) in [6, 6.07) is 6.90. The van der Waals surface area contributed by atoms with Crippen LogP contribution in [-0.2, 0) is 9.53 Å². The number of amides is 2. The van der Waals surface area contributed by atoms with E-state index in [0.29, 0.717) is 33.9 Å². The Kier molecular flexibility index (Phi) is 6.28. The van der Waals surface area contributed by atoms with Crippen LogP contribution < -0.4 is 10.6 Å². The summed E-state index contributed by atoms with van der Waals surface area (Å²) in [6.45, 7) is 10.9. The molecule has 2 amide bonds. The zero-order valence-corrected chi connectivity index (χ0v) is 17.1. The maximum Gasteiger partial charge on any atom is 0.340 e. The fourth-order valence-corrected chi connectivity index (χ4v) is 2.67. The van der Waals surface area contributed by atoms with Crippen molar-refractivity contribution in [1.82, 2.24) is 4.98 Å². The van der Waals surface area contributed by atoms with E-state index in [-0.39, 0.29) is 18.4 Å². The maximum atomic E-state index is 12.7. The molecule has 0 unspecified atom stereocenters. The molecular weight excluding hydrogens is 358 g/mol. The van der Waals surface area contributed by atoms with Gasteiger partial charge in [0.1, 0.15) is 5.69 Å². The van der Waals surface area contributed by atoms with E-state index in [1.54, 1.807) is 45.0 Å². The second-order valence-corrected chi connectivity index (χ2v) is 7.58. The van der Waals surface area contributed by atoms with Crippen molar-refractivity contribution in [3.63, 3.8) is 0 Å². The van der Waals surface area contributed by atoms with Crippen molar-refractivity contribution in [2.24, 2.45) is 5.41 Å². The van der Waals surface area contributed by atoms with Gasteiger partial charge in [0, 0.05) is 22.5 Å². The molecule has 0 saturated heterocycles. The molecule has 28 heavy (non-hydrogen) atoms. The number of aromatic nitrogens is 1. The Balaban J connectivity index is 2.20. The number of ether oxygens (including phenoxy) is 1. The van der Waals surface area contributed by atoms with Crippen LogP contribution in [0, 0.1) is 19.3 Å². The lowest BCUT2D eigenvalue weighted by Crippen LogP contribution is -2.27. The molecule has 1 aromatic heterocycles. The van der Waals surface area contributed by atoms with Gasteiger partial charge in [0.2, 0.25) is 5.91 Å². The molecule has 0 atom stereocenters. The topological polar surface area (TPSA) is 100 Å². The monoisotopic (exact) mass is 385 g/mol. The quantitative estimate of drug-likeness (QED) is 0.676. The molecule has 150 valence electrons. The predicted molar refractivity (Wildman–Crippen MR) is 109 cm³/mol. The van der Waals surface area contributed by atoms with Crippen LogP contribution in [0.5, 0.6) is 0 Å². The lowest BCUT2D eigenvalue weighted by atomic mass is 9.95. The fourth-order valence-electron chi connectivity index (χ4n) is 2.67. The number of H-pyrrole nitrogens is 1. The Hall–Kier alpha value is -3.09. The highest BCUT2D eigenvalue weighted by atomic mass is 16.5. The van der Waals surface area contributed by atoms with Gasteiger partial charge in [-0.15, -0.1) is 0 Å². The number of carbonyl (C=O) groups is 3. The van der Waals surface area contributed by atoms with Gasteiger partial charge in [-0.1, -0.05) is 26.8 Å². The van der Waals surface area contributed by atoms with Crippen molar-refractivity contribution in [1.29, 1.82) is 0 Å². The molecule has 0 fully saturated rings. The zero-order valence-electron chi connectivity index (χ0n) is 17.1. The first-order valence-electron chi connectivity index (χ1n) is 9.13. The average molecular weight is 385 g/mol. The Bertz CT molecular complexity index is 907. The molecular formula is C21H27N3O4. The summed E-state index contributed by atoms with van der Waals surface area (Å²) < 4.78 is 5.05. The van der Waals surface area contributed by atoms with Crippen molar-refractivity contribution in [3.8, 4) is 0 Å². The van der Waals surface area contributed by atoms with Crippen molar-refractivity contribution in [3.05, 3.63) is 46.8 Å². The highest BCUT2D eigenvalue weighted by Gasteiger charge is 2.23. The molecule has 0 aliphatic rings. The molecule has 0 bridgehead atoms. The van der Waals surface area contributed by atoms with E-state index in [4.69, 9.17) is 4.74 Å². The van der Waals surface area contributed by atoms with Crippen LogP contribution in [0.3, 0.4) is 0 Å². The van der Waals surface area contributed by atoms with Gasteiger partial charge in [-0.25, -0.2) is 4.79 Å². The van der Waals surface area contributed by atoms with E-state index in [1.165, 1.54) is 0 Å². The largest absolute Gasteiger partial charge is 0.462 e. The predicted octanol–water partition coefficient (Wildman–Crippen LogP) is 4.05. The molecule has 7 nitrogen and oxygen atoms in total. The molecule has 7 heteroatoms. The van der Waals surface area contributed by atoms with Crippen molar-refractivity contribution >= 4 is 29.2 Å². The standard InChI is InChI=1S/C21H27N3O4/c1-7-28-19(26)16-12(2)17(22-13(16)3)18(25)23-14-9-8-10-15(11-14)24-20(27)21(4,5)6/h8-11,22H,7H2,1-6H3,(H,23,25)(H,24,27). The first-order chi connectivity index (χ1) is 13.0. The van der Waals surface area contributed by atoms with Crippen molar-refractivity contribution in [2.45, 2.75) is 41.5 Å². The van der Waals surface area contributed by atoms with Gasteiger partial charge < -0.3 is 20.4 Å². The third-order valence-corrected chi connectivity index (χ3v) is 4.20. The Morgan fingerprint density at radius 3 is 2.25 bits per heavy atom. The van der Waals surface area contributed by atoms with E-state index >= 15 is 0 Å². The van der Waals surface area contributed by atoms with E-state index in [9.17, 15) is 14.4 Å². The summed E-state index contributed by atoms with van der Waals surface area (Å²) in [7, 11) is 0. The molecule has 0 saturated carbocycles. The highest BCUT2D eigenvalue weighted by Crippen LogP contribution is 2.23. The summed E-state index contributed by atoms with van der Waals surface area (Å²) in [4.78, 5) is 39.9. The number of aromatic amines is 1. The minimum atomic E-state index is -0.526.